The second-order valence-electron chi connectivity index (χ2n) is 7.16. The van der Waals surface area contributed by atoms with Gasteiger partial charge in [0.1, 0.15) is 0 Å². The average molecular weight is 392 g/mol. The van der Waals surface area contributed by atoms with Gasteiger partial charge in [0.2, 0.25) is 0 Å². The first-order valence-electron chi connectivity index (χ1n) is 9.37. The van der Waals surface area contributed by atoms with E-state index in [0.717, 1.165) is 11.3 Å². The molecule has 0 aliphatic carbocycles. The molecule has 29 heavy (non-hydrogen) atoms. The molecule has 0 saturated heterocycles. The number of carbonyl (C=O) groups is 2. The zero-order valence-electron chi connectivity index (χ0n) is 16.7. The maximum atomic E-state index is 12.5. The number of carbonyl (C=O) groups excluding carboxylic acids is 2. The monoisotopic (exact) mass is 392 g/mol. The molecule has 0 unspecified atom stereocenters. The Hall–Kier alpha value is -3.61. The minimum absolute atomic E-state index is 0.243. The third-order valence-electron chi connectivity index (χ3n) is 4.02. The van der Waals surface area contributed by atoms with Gasteiger partial charge in [-0.15, -0.1) is 0 Å². The van der Waals surface area contributed by atoms with E-state index in [2.05, 4.69) is 15.7 Å². The van der Waals surface area contributed by atoms with Gasteiger partial charge in [0, 0.05) is 23.1 Å². The highest BCUT2D eigenvalue weighted by molar-refractivity contribution is 6.04. The van der Waals surface area contributed by atoms with E-state index in [9.17, 15) is 9.59 Å². The first-order chi connectivity index (χ1) is 13.9. The maximum Gasteiger partial charge on any atom is 0.411 e. The molecule has 0 radical (unpaired) electrons. The van der Waals surface area contributed by atoms with Crippen LogP contribution in [-0.2, 0) is 4.74 Å². The number of ether oxygens (including phenoxy) is 1. The van der Waals surface area contributed by atoms with Crippen molar-refractivity contribution in [3.05, 3.63) is 72.1 Å². The maximum absolute atomic E-state index is 12.5. The van der Waals surface area contributed by atoms with Crippen LogP contribution in [0.15, 0.2) is 60.9 Å². The minimum Gasteiger partial charge on any atom is -0.449 e. The van der Waals surface area contributed by atoms with Crippen LogP contribution in [-0.4, -0.2) is 28.4 Å². The van der Waals surface area contributed by atoms with Crippen molar-refractivity contribution in [3.8, 4) is 5.69 Å². The lowest BCUT2D eigenvalue weighted by Gasteiger charge is -2.11. The summed E-state index contributed by atoms with van der Waals surface area (Å²) in [7, 11) is 0. The van der Waals surface area contributed by atoms with Gasteiger partial charge in [0.25, 0.3) is 5.91 Å². The van der Waals surface area contributed by atoms with Crippen molar-refractivity contribution in [1.29, 1.82) is 0 Å². The van der Waals surface area contributed by atoms with Gasteiger partial charge in [-0.2, -0.15) is 5.10 Å². The van der Waals surface area contributed by atoms with Crippen molar-refractivity contribution >= 4 is 23.4 Å². The SMILES string of the molecule is Cc1cnn(-c2ccc(C(=O)Nc3cccc(NC(=O)OCC(C)C)c3)cc2)c1. The van der Waals surface area contributed by atoms with E-state index in [4.69, 9.17) is 4.74 Å². The molecule has 0 atom stereocenters. The highest BCUT2D eigenvalue weighted by Gasteiger charge is 2.09. The number of rotatable bonds is 6. The fourth-order valence-electron chi connectivity index (χ4n) is 2.59. The smallest absolute Gasteiger partial charge is 0.411 e. The number of hydrogen-bond acceptors (Lipinski definition) is 4. The summed E-state index contributed by atoms with van der Waals surface area (Å²) in [6.45, 7) is 6.24. The Morgan fingerprint density at radius 3 is 2.38 bits per heavy atom. The summed E-state index contributed by atoms with van der Waals surface area (Å²) < 4.78 is 6.86. The van der Waals surface area contributed by atoms with Crippen LogP contribution < -0.4 is 10.6 Å². The second kappa shape index (κ2) is 9.05. The molecule has 2 N–H and O–H groups in total. The number of aromatic nitrogens is 2. The predicted octanol–water partition coefficient (Wildman–Crippen LogP) is 4.64. The van der Waals surface area contributed by atoms with Gasteiger partial charge in [-0.05, 0) is 60.9 Å². The molecule has 7 heteroatoms. The van der Waals surface area contributed by atoms with Crippen LogP contribution in [0, 0.1) is 12.8 Å². The molecule has 0 spiro atoms. The molecule has 150 valence electrons. The van der Waals surface area contributed by atoms with Crippen molar-refractivity contribution in [3.63, 3.8) is 0 Å². The predicted molar refractivity (Wildman–Crippen MR) is 113 cm³/mol. The first kappa shape index (κ1) is 20.1. The largest absolute Gasteiger partial charge is 0.449 e. The molecule has 0 saturated carbocycles. The van der Waals surface area contributed by atoms with Crippen LogP contribution in [0.3, 0.4) is 0 Å². The summed E-state index contributed by atoms with van der Waals surface area (Å²) in [5.74, 6) is 0.0165. The molecule has 0 bridgehead atoms. The van der Waals surface area contributed by atoms with Crippen molar-refractivity contribution < 1.29 is 14.3 Å². The van der Waals surface area contributed by atoms with Gasteiger partial charge in [0.05, 0.1) is 18.5 Å². The van der Waals surface area contributed by atoms with E-state index in [1.807, 2.05) is 39.1 Å². The highest BCUT2D eigenvalue weighted by atomic mass is 16.5. The number of amides is 2. The molecule has 0 aliphatic rings. The van der Waals surface area contributed by atoms with Gasteiger partial charge in [-0.1, -0.05) is 19.9 Å². The van der Waals surface area contributed by atoms with Crippen LogP contribution in [0.25, 0.3) is 5.69 Å². The van der Waals surface area contributed by atoms with Crippen LogP contribution >= 0.6 is 0 Å². The number of aryl methyl sites for hydroxylation is 1. The molecule has 2 amide bonds. The summed E-state index contributed by atoms with van der Waals surface area (Å²) >= 11 is 0. The molecule has 2 aromatic carbocycles. The van der Waals surface area contributed by atoms with E-state index in [1.165, 1.54) is 0 Å². The second-order valence-corrected chi connectivity index (χ2v) is 7.16. The van der Waals surface area contributed by atoms with Gasteiger partial charge in [0.15, 0.2) is 0 Å². The lowest BCUT2D eigenvalue weighted by molar-refractivity contribution is 0.102. The molecular weight excluding hydrogens is 368 g/mol. The van der Waals surface area contributed by atoms with E-state index in [-0.39, 0.29) is 11.8 Å². The van der Waals surface area contributed by atoms with E-state index >= 15 is 0 Å². The Bertz CT molecular complexity index is 993. The summed E-state index contributed by atoms with van der Waals surface area (Å²) in [6.07, 6.45) is 3.17. The van der Waals surface area contributed by atoms with Gasteiger partial charge >= 0.3 is 6.09 Å². The molecule has 0 fully saturated rings. The zero-order chi connectivity index (χ0) is 20.8. The number of anilines is 2. The Kier molecular flexibility index (Phi) is 6.29. The highest BCUT2D eigenvalue weighted by Crippen LogP contribution is 2.17. The zero-order valence-corrected chi connectivity index (χ0v) is 16.7. The summed E-state index contributed by atoms with van der Waals surface area (Å²) in [5, 5.41) is 9.74. The Balaban J connectivity index is 1.62. The topological polar surface area (TPSA) is 85.3 Å². The minimum atomic E-state index is -0.522. The molecule has 3 rings (SSSR count). The number of nitrogens with zero attached hydrogens (tertiary/aromatic N) is 2. The van der Waals surface area contributed by atoms with Crippen molar-refractivity contribution in [2.24, 2.45) is 5.92 Å². The van der Waals surface area contributed by atoms with Crippen molar-refractivity contribution in [1.82, 2.24) is 9.78 Å². The number of hydrogen-bond donors (Lipinski definition) is 2. The van der Waals surface area contributed by atoms with Crippen LogP contribution in [0.2, 0.25) is 0 Å². The normalized spacial score (nSPS) is 10.6. The fourth-order valence-corrected chi connectivity index (χ4v) is 2.59. The average Bonchev–Trinajstić information content (AvgIpc) is 3.13. The van der Waals surface area contributed by atoms with E-state index < -0.39 is 6.09 Å². The Morgan fingerprint density at radius 1 is 1.07 bits per heavy atom. The van der Waals surface area contributed by atoms with Gasteiger partial charge in [-0.25, -0.2) is 9.48 Å². The third-order valence-corrected chi connectivity index (χ3v) is 4.02. The molecule has 0 aliphatic heterocycles. The first-order valence-corrected chi connectivity index (χ1v) is 9.37. The summed E-state index contributed by atoms with van der Waals surface area (Å²) in [4.78, 5) is 24.3. The third kappa shape index (κ3) is 5.68. The standard InChI is InChI=1S/C22H24N4O3/c1-15(2)14-29-22(28)25-19-6-4-5-18(11-19)24-21(27)17-7-9-20(10-8-17)26-13-16(3)12-23-26/h4-13,15H,14H2,1-3H3,(H,24,27)(H,25,28). The fraction of sp³-hybridized carbons (Fsp3) is 0.227. The number of benzene rings is 2. The lowest BCUT2D eigenvalue weighted by atomic mass is 10.2. The van der Waals surface area contributed by atoms with Crippen LogP contribution in [0.5, 0.6) is 0 Å². The van der Waals surface area contributed by atoms with E-state index in [1.54, 1.807) is 47.3 Å². The van der Waals surface area contributed by atoms with Crippen molar-refractivity contribution in [2.75, 3.05) is 17.2 Å². The quantitative estimate of drug-likeness (QED) is 0.640. The van der Waals surface area contributed by atoms with Crippen LogP contribution in [0.4, 0.5) is 16.2 Å². The summed E-state index contributed by atoms with van der Waals surface area (Å²) in [5.41, 5.74) is 3.57. The molecule has 1 heterocycles. The lowest BCUT2D eigenvalue weighted by Crippen LogP contribution is -2.17. The number of nitrogens with one attached hydrogen (secondary N) is 2. The molecule has 3 aromatic rings. The van der Waals surface area contributed by atoms with Crippen molar-refractivity contribution in [2.45, 2.75) is 20.8 Å². The van der Waals surface area contributed by atoms with Gasteiger partial charge < -0.3 is 10.1 Å². The molecule has 7 nitrogen and oxygen atoms in total. The summed E-state index contributed by atoms with van der Waals surface area (Å²) in [6, 6.07) is 14.1. The Morgan fingerprint density at radius 2 is 1.76 bits per heavy atom. The molecule has 1 aromatic heterocycles. The van der Waals surface area contributed by atoms with Crippen LogP contribution in [0.1, 0.15) is 29.8 Å². The Labute approximate surface area is 169 Å². The molecular formula is C22H24N4O3. The van der Waals surface area contributed by atoms with E-state index in [0.29, 0.717) is 23.5 Å². The van der Waals surface area contributed by atoms with Gasteiger partial charge in [-0.3, -0.25) is 10.1 Å².